The number of aromatic amines is 1. The third-order valence-electron chi connectivity index (χ3n) is 8.91. The van der Waals surface area contributed by atoms with Crippen molar-refractivity contribution < 1.29 is 38.6 Å². The summed E-state index contributed by atoms with van der Waals surface area (Å²) in [4.78, 5) is 85.4. The van der Waals surface area contributed by atoms with Gasteiger partial charge < -0.3 is 41.0 Å². The van der Waals surface area contributed by atoms with Crippen LogP contribution in [-0.4, -0.2) is 82.5 Å². The number of aliphatic carboxylic acids is 1. The van der Waals surface area contributed by atoms with Gasteiger partial charge in [0.2, 0.25) is 23.6 Å². The number of carboxylic acids is 1. The lowest BCUT2D eigenvalue weighted by molar-refractivity contribution is -0.141. The predicted molar refractivity (Wildman–Crippen MR) is 210 cm³/mol. The molecule has 4 atom stereocenters. The van der Waals surface area contributed by atoms with E-state index in [0.717, 1.165) is 16.3 Å². The summed E-state index contributed by atoms with van der Waals surface area (Å²) >= 11 is 0. The molecule has 292 valence electrons. The quantitative estimate of drug-likeness (QED) is 0.0949. The van der Waals surface area contributed by atoms with Crippen LogP contribution in [0.25, 0.3) is 21.7 Å². The lowest BCUT2D eigenvalue weighted by atomic mass is 9.97. The molecule has 1 heterocycles. The number of benzene rings is 4. The number of rotatable bonds is 14. The molecule has 0 saturated heterocycles. The predicted octanol–water partition coefficient (Wildman–Crippen LogP) is 4.52. The Morgan fingerprint density at radius 2 is 1.30 bits per heavy atom. The molecule has 0 aliphatic carbocycles. The van der Waals surface area contributed by atoms with Gasteiger partial charge in [-0.05, 0) is 54.3 Å². The number of carboxylic acid groups (broad SMARTS) is 1. The van der Waals surface area contributed by atoms with Gasteiger partial charge in [0, 0.05) is 37.6 Å². The third-order valence-corrected chi connectivity index (χ3v) is 8.91. The van der Waals surface area contributed by atoms with E-state index >= 15 is 0 Å². The van der Waals surface area contributed by atoms with Gasteiger partial charge in [0.15, 0.2) is 0 Å². The van der Waals surface area contributed by atoms with E-state index in [0.29, 0.717) is 22.1 Å². The van der Waals surface area contributed by atoms with Gasteiger partial charge in [-0.1, -0.05) is 91.0 Å². The highest BCUT2D eigenvalue weighted by atomic mass is 16.6. The number of para-hydroxylation sites is 1. The summed E-state index contributed by atoms with van der Waals surface area (Å²) in [6, 6.07) is 22.6. The average molecular weight is 763 g/mol. The topological polar surface area (TPSA) is 199 Å². The standard InChI is InChI=1S/C42H46N6O8/c1-42(2,3)56-41(55)45-32(22-27-24-43-31-21-12-11-19-29(27)31)37(51)46-35(26-15-7-6-8-16-26)39(53)44-33(23-34(49)50)38(52)47-36(40(54)48(4)5)30-20-13-17-25-14-9-10-18-28(25)30/h6-21,24,32-33,35-36,43H,22-23H2,1-5H3,(H,44,53)(H,45,55)(H,46,51)(H,47,52)(H,49,50)/t32-,33-,35-,36-/m0/s1. The smallest absolute Gasteiger partial charge is 0.408 e. The molecule has 0 aliphatic heterocycles. The molecule has 0 bridgehead atoms. The highest BCUT2D eigenvalue weighted by Gasteiger charge is 2.35. The maximum atomic E-state index is 14.2. The molecule has 0 unspecified atom stereocenters. The van der Waals surface area contributed by atoms with Crippen LogP contribution in [0.4, 0.5) is 4.79 Å². The number of aromatic nitrogens is 1. The zero-order valence-electron chi connectivity index (χ0n) is 31.8. The Balaban J connectivity index is 1.44. The average Bonchev–Trinajstić information content (AvgIpc) is 3.56. The molecule has 14 heteroatoms. The number of nitrogens with one attached hydrogen (secondary N) is 5. The van der Waals surface area contributed by atoms with Gasteiger partial charge in [-0.2, -0.15) is 0 Å². The van der Waals surface area contributed by atoms with Crippen molar-refractivity contribution in [2.24, 2.45) is 0 Å². The zero-order chi connectivity index (χ0) is 40.6. The molecule has 0 aliphatic rings. The van der Waals surface area contributed by atoms with Gasteiger partial charge in [-0.25, -0.2) is 4.79 Å². The Bertz CT molecular complexity index is 2220. The minimum absolute atomic E-state index is 0.0116. The van der Waals surface area contributed by atoms with Crippen molar-refractivity contribution in [3.05, 3.63) is 120 Å². The second-order valence-electron chi connectivity index (χ2n) is 14.5. The lowest BCUT2D eigenvalue weighted by Gasteiger charge is -2.28. The highest BCUT2D eigenvalue weighted by Crippen LogP contribution is 2.26. The molecular weight excluding hydrogens is 716 g/mol. The second-order valence-corrected chi connectivity index (χ2v) is 14.5. The van der Waals surface area contributed by atoms with Crippen molar-refractivity contribution in [2.75, 3.05) is 14.1 Å². The Morgan fingerprint density at radius 1 is 0.696 bits per heavy atom. The summed E-state index contributed by atoms with van der Waals surface area (Å²) < 4.78 is 5.45. The summed E-state index contributed by atoms with van der Waals surface area (Å²) in [6.07, 6.45) is 0.0431. The minimum atomic E-state index is -1.67. The molecule has 1 aromatic heterocycles. The Morgan fingerprint density at radius 3 is 1.98 bits per heavy atom. The fourth-order valence-electron chi connectivity index (χ4n) is 6.28. The van der Waals surface area contributed by atoms with E-state index in [-0.39, 0.29) is 6.42 Å². The van der Waals surface area contributed by atoms with E-state index in [1.165, 1.54) is 19.0 Å². The number of carbonyl (C=O) groups excluding carboxylic acids is 5. The van der Waals surface area contributed by atoms with Gasteiger partial charge >= 0.3 is 12.1 Å². The number of H-pyrrole nitrogens is 1. The fourth-order valence-corrected chi connectivity index (χ4v) is 6.28. The van der Waals surface area contributed by atoms with Gasteiger partial charge in [0.25, 0.3) is 0 Å². The van der Waals surface area contributed by atoms with E-state index in [1.54, 1.807) is 81.6 Å². The summed E-state index contributed by atoms with van der Waals surface area (Å²) in [5, 5.41) is 22.7. The summed E-state index contributed by atoms with van der Waals surface area (Å²) in [7, 11) is 3.06. The van der Waals surface area contributed by atoms with Crippen LogP contribution in [0.3, 0.4) is 0 Å². The maximum absolute atomic E-state index is 14.2. The van der Waals surface area contributed by atoms with E-state index in [9.17, 15) is 33.9 Å². The highest BCUT2D eigenvalue weighted by molar-refractivity contribution is 5.99. The van der Waals surface area contributed by atoms with Crippen LogP contribution in [0.15, 0.2) is 103 Å². The third kappa shape index (κ3) is 10.3. The number of likely N-dealkylation sites (N-methyl/N-ethyl adjacent to an activating group) is 1. The monoisotopic (exact) mass is 762 g/mol. The van der Waals surface area contributed by atoms with Gasteiger partial charge in [-0.3, -0.25) is 24.0 Å². The molecule has 0 radical (unpaired) electrons. The molecule has 5 amide bonds. The molecule has 0 spiro atoms. The Hall–Kier alpha value is -6.70. The summed E-state index contributed by atoms with van der Waals surface area (Å²) in [6.45, 7) is 5.05. The first-order valence-electron chi connectivity index (χ1n) is 18.0. The van der Waals surface area contributed by atoms with Crippen LogP contribution >= 0.6 is 0 Å². The van der Waals surface area contributed by atoms with Crippen molar-refractivity contribution in [2.45, 2.75) is 63.4 Å². The number of hydrogen-bond donors (Lipinski definition) is 6. The first kappa shape index (κ1) is 40.5. The molecule has 0 saturated carbocycles. The van der Waals surface area contributed by atoms with Crippen molar-refractivity contribution in [3.63, 3.8) is 0 Å². The maximum Gasteiger partial charge on any atom is 0.408 e. The fraction of sp³-hybridized carbons (Fsp3) is 0.286. The molecule has 14 nitrogen and oxygen atoms in total. The summed E-state index contributed by atoms with van der Waals surface area (Å²) in [5.74, 6) is -4.47. The largest absolute Gasteiger partial charge is 0.481 e. The molecule has 5 aromatic rings. The van der Waals surface area contributed by atoms with Crippen LogP contribution < -0.4 is 21.3 Å². The zero-order valence-corrected chi connectivity index (χ0v) is 31.8. The molecule has 0 fully saturated rings. The van der Waals surface area contributed by atoms with Crippen LogP contribution in [0.1, 0.15) is 56.0 Å². The second kappa shape index (κ2) is 17.6. The van der Waals surface area contributed by atoms with E-state index in [4.69, 9.17) is 4.74 Å². The molecular formula is C42H46N6O8. The Kier molecular flexibility index (Phi) is 12.7. The molecule has 4 aromatic carbocycles. The number of hydrogen-bond acceptors (Lipinski definition) is 7. The van der Waals surface area contributed by atoms with E-state index in [1.807, 2.05) is 42.5 Å². The number of nitrogens with zero attached hydrogens (tertiary/aromatic N) is 1. The van der Waals surface area contributed by atoms with Crippen LogP contribution in [0.5, 0.6) is 0 Å². The van der Waals surface area contributed by atoms with Crippen molar-refractivity contribution >= 4 is 57.4 Å². The van der Waals surface area contributed by atoms with E-state index < -0.39 is 71.9 Å². The van der Waals surface area contributed by atoms with Crippen molar-refractivity contribution in [3.8, 4) is 0 Å². The number of ether oxygens (including phenoxy) is 1. The van der Waals surface area contributed by atoms with Gasteiger partial charge in [-0.15, -0.1) is 0 Å². The van der Waals surface area contributed by atoms with Crippen molar-refractivity contribution in [1.29, 1.82) is 0 Å². The normalized spacial score (nSPS) is 13.4. The molecule has 5 rings (SSSR count). The van der Waals surface area contributed by atoms with E-state index in [2.05, 4.69) is 26.3 Å². The SMILES string of the molecule is CN(C)C(=O)[C@@H](NC(=O)[C@H](CC(=O)O)NC(=O)[C@@H](NC(=O)[C@H](Cc1c[nH]c2ccccc12)NC(=O)OC(C)(C)C)c1ccccc1)c1cccc2ccccc12. The first-order chi connectivity index (χ1) is 26.6. The number of carbonyl (C=O) groups is 6. The molecule has 6 N–H and O–H groups in total. The minimum Gasteiger partial charge on any atom is -0.481 e. The van der Waals surface area contributed by atoms with Gasteiger partial charge in [0.1, 0.15) is 29.8 Å². The van der Waals surface area contributed by atoms with Crippen LogP contribution in [0.2, 0.25) is 0 Å². The van der Waals surface area contributed by atoms with Crippen LogP contribution in [0, 0.1) is 0 Å². The van der Waals surface area contributed by atoms with Gasteiger partial charge in [0.05, 0.1) is 6.42 Å². The van der Waals surface area contributed by atoms with Crippen LogP contribution in [-0.2, 0) is 35.1 Å². The number of alkyl carbamates (subject to hydrolysis) is 1. The Labute approximate surface area is 324 Å². The van der Waals surface area contributed by atoms with Crippen molar-refractivity contribution in [1.82, 2.24) is 31.2 Å². The lowest BCUT2D eigenvalue weighted by Crippen LogP contribution is -2.55. The molecule has 56 heavy (non-hydrogen) atoms. The number of amides is 5. The first-order valence-corrected chi connectivity index (χ1v) is 18.0. The number of fused-ring (bicyclic) bond motifs is 2. The summed E-state index contributed by atoms with van der Waals surface area (Å²) in [5.41, 5.74) is 1.44.